The lowest BCUT2D eigenvalue weighted by molar-refractivity contribution is -0.291. The van der Waals surface area contributed by atoms with Crippen LogP contribution in [0.1, 0.15) is 37.3 Å². The average Bonchev–Trinajstić information content (AvgIpc) is 3.65. The fraction of sp³-hybridized carbons (Fsp3) is 0.667. The lowest BCUT2D eigenvalue weighted by atomic mass is 9.84. The second kappa shape index (κ2) is 24.7. The van der Waals surface area contributed by atoms with Crippen LogP contribution >= 0.6 is 0 Å². The van der Waals surface area contributed by atoms with Crippen LogP contribution in [0.5, 0.6) is 0 Å². The summed E-state index contributed by atoms with van der Waals surface area (Å²) in [6, 6.07) is 12.3. The monoisotopic (exact) mass is 950 g/mol. The fourth-order valence-electron chi connectivity index (χ4n) is 8.53. The molecule has 2 aromatic carbocycles. The number of benzene rings is 2. The molecular weight excluding hydrogens is 901 g/mol. The van der Waals surface area contributed by atoms with Crippen molar-refractivity contribution in [2.24, 2.45) is 25.6 Å². The van der Waals surface area contributed by atoms with Crippen molar-refractivity contribution in [1.29, 1.82) is 0 Å². The molecule has 3 saturated heterocycles. The lowest BCUT2D eigenvalue weighted by Gasteiger charge is -2.46. The van der Waals surface area contributed by atoms with Crippen molar-refractivity contribution in [2.75, 3.05) is 13.2 Å². The van der Waals surface area contributed by atoms with Crippen molar-refractivity contribution >= 4 is 6.09 Å². The number of hydrogen-bond donors (Lipinski definition) is 5. The molecule has 29 heteroatoms. The summed E-state index contributed by atoms with van der Waals surface area (Å²) in [7, 11) is 0. The molecule has 1 amide bonds. The second-order valence-electron chi connectivity index (χ2n) is 16.2. The van der Waals surface area contributed by atoms with Crippen LogP contribution in [0.3, 0.4) is 0 Å². The number of carbonyl (C=O) groups is 1. The van der Waals surface area contributed by atoms with Gasteiger partial charge < -0.3 is 58.7 Å². The molecule has 2 aromatic rings. The predicted molar refractivity (Wildman–Crippen MR) is 229 cm³/mol. The van der Waals surface area contributed by atoms with Crippen LogP contribution in [0.25, 0.3) is 52.2 Å². The molecule has 0 spiro atoms. The molecular formula is C39H50N16O13. The first-order valence-corrected chi connectivity index (χ1v) is 21.4. The predicted octanol–water partition coefficient (Wildman–Crippen LogP) is 4.19. The largest absolute Gasteiger partial charge is 0.445 e. The first kappa shape index (κ1) is 51.2. The SMILES string of the molecule is C[C@@H]([C@@H]1CC[C@@H](N=[N+]=[N-])[C@@H](O[C@H]2[C@H](O[C@@H]3O[C@H](CO)[C@@H](O[C@H]4O[C@@H](CN=[N+]=[N-])[C@@H](O)[C@H](O)[C@H]4N=[N+]=[N-])[C@H]3O)[C@@H](O)[C@H](N=[N+]=[N-])C[C@@H]2N=[N+]=[N-])O1)N(Cc1ccccc1)C(=O)OCc1ccccc1. The number of carbonyl (C=O) groups excluding carboxylic acids is 1. The third-order valence-corrected chi connectivity index (χ3v) is 12.1. The van der Waals surface area contributed by atoms with Crippen LogP contribution in [0.4, 0.5) is 4.79 Å². The molecule has 1 saturated carbocycles. The molecule has 3 aliphatic heterocycles. The van der Waals surface area contributed by atoms with Crippen LogP contribution in [-0.2, 0) is 46.3 Å². The second-order valence-corrected chi connectivity index (χ2v) is 16.2. The van der Waals surface area contributed by atoms with E-state index in [2.05, 4.69) is 50.1 Å². The summed E-state index contributed by atoms with van der Waals surface area (Å²) in [5, 5.41) is 73.4. The van der Waals surface area contributed by atoms with E-state index >= 15 is 0 Å². The number of azide groups is 5. The van der Waals surface area contributed by atoms with Crippen LogP contribution in [0.15, 0.2) is 86.2 Å². The van der Waals surface area contributed by atoms with Gasteiger partial charge in [0.25, 0.3) is 0 Å². The van der Waals surface area contributed by atoms with Gasteiger partial charge in [-0.15, -0.1) is 0 Å². The van der Waals surface area contributed by atoms with E-state index in [0.29, 0.717) is 0 Å². The summed E-state index contributed by atoms with van der Waals surface area (Å²) >= 11 is 0. The first-order valence-electron chi connectivity index (χ1n) is 21.4. The Labute approximate surface area is 386 Å². The van der Waals surface area contributed by atoms with Gasteiger partial charge in [-0.05, 0) is 65.0 Å². The summed E-state index contributed by atoms with van der Waals surface area (Å²) in [4.78, 5) is 29.3. The van der Waals surface area contributed by atoms with E-state index < -0.39 is 129 Å². The Morgan fingerprint density at radius 2 is 1.28 bits per heavy atom. The lowest BCUT2D eigenvalue weighted by Crippen LogP contribution is -2.61. The van der Waals surface area contributed by atoms with Crippen molar-refractivity contribution in [3.05, 3.63) is 124 Å². The minimum absolute atomic E-state index is 0.0144. The van der Waals surface area contributed by atoms with E-state index in [1.54, 1.807) is 6.92 Å². The number of rotatable bonds is 19. The van der Waals surface area contributed by atoms with Gasteiger partial charge in [0.2, 0.25) is 0 Å². The van der Waals surface area contributed by atoms with Gasteiger partial charge in [0.1, 0.15) is 43.2 Å². The molecule has 29 nitrogen and oxygen atoms in total. The Morgan fingerprint density at radius 1 is 0.676 bits per heavy atom. The highest BCUT2D eigenvalue weighted by Crippen LogP contribution is 2.38. The molecule has 0 radical (unpaired) electrons. The van der Waals surface area contributed by atoms with Gasteiger partial charge in [-0.25, -0.2) is 4.79 Å². The third-order valence-electron chi connectivity index (χ3n) is 12.1. The molecule has 0 unspecified atom stereocenters. The number of aliphatic hydroxyl groups is 5. The zero-order valence-corrected chi connectivity index (χ0v) is 36.3. The van der Waals surface area contributed by atoms with Gasteiger partial charge in [-0.2, -0.15) is 0 Å². The van der Waals surface area contributed by atoms with E-state index in [0.717, 1.165) is 11.1 Å². The van der Waals surface area contributed by atoms with E-state index in [-0.39, 0.29) is 32.4 Å². The van der Waals surface area contributed by atoms with Gasteiger partial charge in [0.15, 0.2) is 18.9 Å². The molecule has 68 heavy (non-hydrogen) atoms. The van der Waals surface area contributed by atoms with E-state index in [9.17, 15) is 52.5 Å². The topological polar surface area (TPSA) is 430 Å². The summed E-state index contributed by atoms with van der Waals surface area (Å²) in [5.41, 5.74) is 48.3. The summed E-state index contributed by atoms with van der Waals surface area (Å²) in [6.45, 7) is 0.519. The smallest absolute Gasteiger partial charge is 0.410 e. The highest BCUT2D eigenvalue weighted by Gasteiger charge is 2.55. The molecule has 5 N–H and O–H groups in total. The Bertz CT molecular complexity index is 2230. The maximum absolute atomic E-state index is 13.9. The van der Waals surface area contributed by atoms with E-state index in [4.69, 9.17) is 38.7 Å². The molecule has 1 aliphatic carbocycles. The molecule has 3 heterocycles. The minimum Gasteiger partial charge on any atom is -0.445 e. The highest BCUT2D eigenvalue weighted by atomic mass is 16.8. The molecule has 364 valence electrons. The van der Waals surface area contributed by atoms with Crippen molar-refractivity contribution in [3.8, 4) is 0 Å². The maximum Gasteiger partial charge on any atom is 0.410 e. The van der Waals surface area contributed by atoms with Crippen LogP contribution in [0.2, 0.25) is 0 Å². The minimum atomic E-state index is -1.89. The number of hydrogen-bond acceptors (Lipinski definition) is 18. The number of ether oxygens (including phenoxy) is 7. The standard InChI is InChI=1S/C39H50N16O13/c1-19(55(16-20-8-4-2-5-9-20)39(61)62-18-21-10-6-3-7-11-21)25-13-12-22(46-51-41)36(63-25)66-33-24(48-53-43)14-23(47-52-42)29(57)35(33)68-38-32(60)34(27(17-56)65-38)67-37-28(49-54-44)31(59)30(58)26(64-37)15-45-50-40/h2-11,19,22-38,56-60H,12-18H2,1H3/t19-,22+,23+,24-,25-,26-,27+,28+,29-,30+,31+,32+,33+,34+,35+,36+,37+,38-/m0/s1. The zero-order chi connectivity index (χ0) is 48.7. The van der Waals surface area contributed by atoms with Gasteiger partial charge in [-0.3, -0.25) is 4.90 Å². The normalized spacial score (nSPS) is 34.8. The molecule has 18 atom stereocenters. The van der Waals surface area contributed by atoms with Crippen LogP contribution in [0, 0.1) is 0 Å². The molecule has 0 aromatic heterocycles. The van der Waals surface area contributed by atoms with Crippen molar-refractivity contribution in [3.63, 3.8) is 0 Å². The van der Waals surface area contributed by atoms with Gasteiger partial charge in [0, 0.05) is 31.1 Å². The number of aliphatic hydroxyl groups excluding tert-OH is 5. The van der Waals surface area contributed by atoms with Crippen LogP contribution in [-0.4, -0.2) is 160 Å². The van der Waals surface area contributed by atoms with E-state index in [1.165, 1.54) is 4.90 Å². The molecule has 0 bridgehead atoms. The van der Waals surface area contributed by atoms with Gasteiger partial charge in [-0.1, -0.05) is 86.2 Å². The Hall–Kier alpha value is -6.18. The molecule has 6 rings (SSSR count). The summed E-state index contributed by atoms with van der Waals surface area (Å²) < 4.78 is 42.4. The quantitative estimate of drug-likeness (QED) is 0.0750. The molecule has 4 fully saturated rings. The van der Waals surface area contributed by atoms with Crippen LogP contribution < -0.4 is 0 Å². The summed E-state index contributed by atoms with van der Waals surface area (Å²) in [5.74, 6) is 0. The van der Waals surface area contributed by atoms with Crippen molar-refractivity contribution in [2.45, 2.75) is 149 Å². The van der Waals surface area contributed by atoms with Gasteiger partial charge in [0.05, 0.1) is 67.8 Å². The fourth-order valence-corrected chi connectivity index (χ4v) is 8.53. The highest BCUT2D eigenvalue weighted by molar-refractivity contribution is 5.68. The Morgan fingerprint density at radius 3 is 1.93 bits per heavy atom. The number of nitrogens with zero attached hydrogens (tertiary/aromatic N) is 16. The Balaban J connectivity index is 1.27. The first-order chi connectivity index (χ1) is 33.0. The van der Waals surface area contributed by atoms with Crippen molar-refractivity contribution < 1.29 is 63.5 Å². The van der Waals surface area contributed by atoms with Crippen molar-refractivity contribution in [1.82, 2.24) is 4.90 Å². The zero-order valence-electron chi connectivity index (χ0n) is 36.3. The molecule has 4 aliphatic rings. The third kappa shape index (κ3) is 12.3. The Kier molecular flexibility index (Phi) is 18.6. The maximum atomic E-state index is 13.9. The average molecular weight is 951 g/mol. The van der Waals surface area contributed by atoms with E-state index in [1.807, 2.05) is 60.7 Å². The number of amides is 1. The van der Waals surface area contributed by atoms with Gasteiger partial charge >= 0.3 is 6.09 Å². The summed E-state index contributed by atoms with van der Waals surface area (Å²) in [6.07, 6.45) is -21.2.